The number of H-pyrrole nitrogens is 1. The van der Waals surface area contributed by atoms with Crippen LogP contribution in [0.25, 0.3) is 33.3 Å². The Labute approximate surface area is 145 Å². The molecular formula is C20H17N3O2. The largest absolute Gasteiger partial charge is 0.493 e. The average Bonchev–Trinajstić information content (AvgIpc) is 3.11. The van der Waals surface area contributed by atoms with Crippen LogP contribution in [-0.2, 0) is 0 Å². The van der Waals surface area contributed by atoms with Crippen molar-refractivity contribution in [1.82, 2.24) is 15.0 Å². The van der Waals surface area contributed by atoms with Crippen LogP contribution in [0.5, 0.6) is 11.5 Å². The Balaban J connectivity index is 1.85. The summed E-state index contributed by atoms with van der Waals surface area (Å²) in [6.07, 6.45) is 7.42. The summed E-state index contributed by atoms with van der Waals surface area (Å²) in [6, 6.07) is 12.0. The standard InChI is InChI=1S/C20H17N3O2/c1-24-18-6-5-13(9-19(18)25-2)17-12-23-20-16(17)8-15(11-22-20)14-4-3-7-21-10-14/h3-12H,1-2H3,(H,22,23). The van der Waals surface area contributed by atoms with Crippen LogP contribution in [0, 0.1) is 0 Å². The van der Waals surface area contributed by atoms with Crippen molar-refractivity contribution < 1.29 is 9.47 Å². The number of benzene rings is 1. The zero-order chi connectivity index (χ0) is 17.2. The predicted octanol–water partition coefficient (Wildman–Crippen LogP) is 4.31. The molecule has 0 unspecified atom stereocenters. The molecule has 0 aliphatic carbocycles. The highest BCUT2D eigenvalue weighted by atomic mass is 16.5. The maximum absolute atomic E-state index is 5.42. The van der Waals surface area contributed by atoms with Gasteiger partial charge < -0.3 is 14.5 Å². The van der Waals surface area contributed by atoms with Crippen molar-refractivity contribution in [3.05, 3.63) is 61.2 Å². The second-order valence-electron chi connectivity index (χ2n) is 5.63. The van der Waals surface area contributed by atoms with Gasteiger partial charge in [-0.2, -0.15) is 0 Å². The van der Waals surface area contributed by atoms with E-state index in [0.29, 0.717) is 11.5 Å². The third kappa shape index (κ3) is 2.70. The van der Waals surface area contributed by atoms with Crippen LogP contribution in [0.3, 0.4) is 0 Å². The first kappa shape index (κ1) is 15.2. The lowest BCUT2D eigenvalue weighted by Gasteiger charge is -2.09. The molecule has 1 aromatic carbocycles. The number of nitrogens with zero attached hydrogens (tertiary/aromatic N) is 2. The number of hydrogen-bond acceptors (Lipinski definition) is 4. The van der Waals surface area contributed by atoms with Crippen molar-refractivity contribution >= 4 is 11.0 Å². The molecule has 0 atom stereocenters. The van der Waals surface area contributed by atoms with Gasteiger partial charge in [0.05, 0.1) is 14.2 Å². The number of rotatable bonds is 4. The van der Waals surface area contributed by atoms with E-state index in [2.05, 4.69) is 21.0 Å². The zero-order valence-electron chi connectivity index (χ0n) is 14.0. The molecule has 0 saturated carbocycles. The molecule has 0 spiro atoms. The summed E-state index contributed by atoms with van der Waals surface area (Å²) in [6.45, 7) is 0. The van der Waals surface area contributed by atoms with Crippen molar-refractivity contribution in [3.8, 4) is 33.8 Å². The molecule has 124 valence electrons. The monoisotopic (exact) mass is 331 g/mol. The molecule has 25 heavy (non-hydrogen) atoms. The van der Waals surface area contributed by atoms with Crippen molar-refractivity contribution in [3.63, 3.8) is 0 Å². The van der Waals surface area contributed by atoms with Gasteiger partial charge in [0.1, 0.15) is 5.65 Å². The maximum Gasteiger partial charge on any atom is 0.161 e. The van der Waals surface area contributed by atoms with Gasteiger partial charge in [-0.15, -0.1) is 0 Å². The number of methoxy groups -OCH3 is 2. The minimum absolute atomic E-state index is 0.700. The Morgan fingerprint density at radius 3 is 2.52 bits per heavy atom. The summed E-state index contributed by atoms with van der Waals surface area (Å²) in [5.41, 5.74) is 5.01. The van der Waals surface area contributed by atoms with E-state index in [4.69, 9.17) is 9.47 Å². The topological polar surface area (TPSA) is 60.0 Å². The molecular weight excluding hydrogens is 314 g/mol. The summed E-state index contributed by atoms with van der Waals surface area (Å²) >= 11 is 0. The lowest BCUT2D eigenvalue weighted by atomic mass is 10.0. The molecule has 0 bridgehead atoms. The smallest absolute Gasteiger partial charge is 0.161 e. The maximum atomic E-state index is 5.42. The molecule has 0 aliphatic heterocycles. The van der Waals surface area contributed by atoms with Crippen LogP contribution in [0.1, 0.15) is 0 Å². The molecule has 0 amide bonds. The Morgan fingerprint density at radius 1 is 0.880 bits per heavy atom. The van der Waals surface area contributed by atoms with E-state index >= 15 is 0 Å². The molecule has 3 heterocycles. The molecule has 4 rings (SSSR count). The van der Waals surface area contributed by atoms with Gasteiger partial charge in [0.15, 0.2) is 11.5 Å². The van der Waals surface area contributed by atoms with Gasteiger partial charge in [0.25, 0.3) is 0 Å². The minimum atomic E-state index is 0.700. The zero-order valence-corrected chi connectivity index (χ0v) is 14.0. The van der Waals surface area contributed by atoms with Gasteiger partial charge in [-0.1, -0.05) is 12.1 Å². The van der Waals surface area contributed by atoms with Crippen LogP contribution in [-0.4, -0.2) is 29.2 Å². The quantitative estimate of drug-likeness (QED) is 0.605. The fourth-order valence-corrected chi connectivity index (χ4v) is 2.94. The van der Waals surface area contributed by atoms with Crippen LogP contribution < -0.4 is 9.47 Å². The van der Waals surface area contributed by atoms with E-state index in [1.54, 1.807) is 20.4 Å². The van der Waals surface area contributed by atoms with Crippen molar-refractivity contribution in [2.75, 3.05) is 14.2 Å². The summed E-state index contributed by atoms with van der Waals surface area (Å²) in [4.78, 5) is 12.0. The number of pyridine rings is 2. The minimum Gasteiger partial charge on any atom is -0.493 e. The first-order chi connectivity index (χ1) is 12.3. The summed E-state index contributed by atoms with van der Waals surface area (Å²) < 4.78 is 10.7. The molecule has 0 aliphatic rings. The molecule has 5 heteroatoms. The number of hydrogen-bond donors (Lipinski definition) is 1. The Kier molecular flexibility index (Phi) is 3.82. The second kappa shape index (κ2) is 6.28. The van der Waals surface area contributed by atoms with E-state index in [0.717, 1.165) is 33.3 Å². The normalized spacial score (nSPS) is 10.8. The van der Waals surface area contributed by atoms with E-state index in [-0.39, 0.29) is 0 Å². The van der Waals surface area contributed by atoms with Gasteiger partial charge >= 0.3 is 0 Å². The Bertz CT molecular complexity index is 1030. The van der Waals surface area contributed by atoms with Crippen molar-refractivity contribution in [2.45, 2.75) is 0 Å². The number of ether oxygens (including phenoxy) is 2. The highest BCUT2D eigenvalue weighted by molar-refractivity contribution is 5.96. The third-order valence-electron chi connectivity index (χ3n) is 4.22. The summed E-state index contributed by atoms with van der Waals surface area (Å²) in [5, 5.41) is 1.05. The van der Waals surface area contributed by atoms with Crippen LogP contribution in [0.2, 0.25) is 0 Å². The lowest BCUT2D eigenvalue weighted by molar-refractivity contribution is 0.355. The molecule has 0 saturated heterocycles. The molecule has 3 aromatic heterocycles. The van der Waals surface area contributed by atoms with E-state index in [9.17, 15) is 0 Å². The Hall–Kier alpha value is -3.34. The molecule has 0 fully saturated rings. The van der Waals surface area contributed by atoms with E-state index in [1.165, 1.54) is 0 Å². The van der Waals surface area contributed by atoms with Gasteiger partial charge in [0, 0.05) is 46.9 Å². The average molecular weight is 331 g/mol. The third-order valence-corrected chi connectivity index (χ3v) is 4.22. The van der Waals surface area contributed by atoms with E-state index < -0.39 is 0 Å². The van der Waals surface area contributed by atoms with Gasteiger partial charge in [-0.25, -0.2) is 4.98 Å². The van der Waals surface area contributed by atoms with E-state index in [1.807, 2.05) is 48.9 Å². The van der Waals surface area contributed by atoms with Crippen LogP contribution >= 0.6 is 0 Å². The van der Waals surface area contributed by atoms with Crippen molar-refractivity contribution in [1.29, 1.82) is 0 Å². The van der Waals surface area contributed by atoms with Crippen molar-refractivity contribution in [2.24, 2.45) is 0 Å². The molecule has 5 nitrogen and oxygen atoms in total. The van der Waals surface area contributed by atoms with Gasteiger partial charge in [-0.05, 0) is 29.8 Å². The highest BCUT2D eigenvalue weighted by Crippen LogP contribution is 2.36. The number of aromatic nitrogens is 3. The fourth-order valence-electron chi connectivity index (χ4n) is 2.94. The van der Waals surface area contributed by atoms with Crippen LogP contribution in [0.4, 0.5) is 0 Å². The Morgan fingerprint density at radius 2 is 1.76 bits per heavy atom. The summed E-state index contributed by atoms with van der Waals surface area (Å²) in [7, 11) is 3.27. The number of fused-ring (bicyclic) bond motifs is 1. The predicted molar refractivity (Wildman–Crippen MR) is 97.9 cm³/mol. The molecule has 1 N–H and O–H groups in total. The SMILES string of the molecule is COc1ccc(-c2c[nH]c3ncc(-c4cccnc4)cc23)cc1OC. The first-order valence-electron chi connectivity index (χ1n) is 7.90. The van der Waals surface area contributed by atoms with Gasteiger partial charge in [-0.3, -0.25) is 4.98 Å². The fraction of sp³-hybridized carbons (Fsp3) is 0.100. The number of aromatic amines is 1. The second-order valence-corrected chi connectivity index (χ2v) is 5.63. The lowest BCUT2D eigenvalue weighted by Crippen LogP contribution is -1.90. The first-order valence-corrected chi connectivity index (χ1v) is 7.90. The number of nitrogens with one attached hydrogen (secondary N) is 1. The summed E-state index contributed by atoms with van der Waals surface area (Å²) in [5.74, 6) is 1.41. The molecule has 0 radical (unpaired) electrons. The highest BCUT2D eigenvalue weighted by Gasteiger charge is 2.12. The van der Waals surface area contributed by atoms with Crippen LogP contribution in [0.15, 0.2) is 61.2 Å². The molecule has 4 aromatic rings. The van der Waals surface area contributed by atoms with Gasteiger partial charge in [0.2, 0.25) is 0 Å².